The van der Waals surface area contributed by atoms with Crippen LogP contribution in [0.1, 0.15) is 31.1 Å². The molecule has 3 heterocycles. The van der Waals surface area contributed by atoms with E-state index >= 15 is 0 Å². The molecule has 1 aliphatic rings. The lowest BCUT2D eigenvalue weighted by molar-refractivity contribution is -0.136. The molecule has 0 spiro atoms. The molecule has 5 rings (SSSR count). The van der Waals surface area contributed by atoms with E-state index in [1.165, 1.54) is 24.2 Å². The van der Waals surface area contributed by atoms with Gasteiger partial charge in [-0.1, -0.05) is 11.6 Å². The van der Waals surface area contributed by atoms with Crippen molar-refractivity contribution in [3.63, 3.8) is 0 Å². The number of nitrogens with zero attached hydrogens (tertiary/aromatic N) is 5. The molecule has 2 atom stereocenters. The third-order valence-corrected chi connectivity index (χ3v) is 8.55. The second-order valence-electron chi connectivity index (χ2n) is 9.91. The Kier molecular flexibility index (Phi) is 6.83. The average Bonchev–Trinajstić information content (AvgIpc) is 3.22. The molecule has 1 fully saturated rings. The standard InChI is InChI=1S/C28H32N6O3S/c1-19-5-10-26-23(15-19)16-20(2)34(26)22(4)28(35)33-14-13-32(17-21(33)3)24-6-8-25(9-7-24)38(36,37)31-27-11-12-29-18-30-27/h5-12,15-16,18,21-22H,13-14,17H2,1-4H3,(H,29,30,31). The van der Waals surface area contributed by atoms with Gasteiger partial charge in [-0.15, -0.1) is 0 Å². The maximum Gasteiger partial charge on any atom is 0.263 e. The molecule has 1 saturated heterocycles. The van der Waals surface area contributed by atoms with Crippen molar-refractivity contribution >= 4 is 38.3 Å². The van der Waals surface area contributed by atoms with Gasteiger partial charge in [0.1, 0.15) is 18.2 Å². The van der Waals surface area contributed by atoms with E-state index in [0.29, 0.717) is 19.6 Å². The smallest absolute Gasteiger partial charge is 0.263 e. The van der Waals surface area contributed by atoms with E-state index in [1.807, 2.05) is 18.7 Å². The Bertz CT molecular complexity index is 1570. The Balaban J connectivity index is 1.26. The molecule has 0 bridgehead atoms. The molecular formula is C28H32N6O3S. The largest absolute Gasteiger partial charge is 0.368 e. The van der Waals surface area contributed by atoms with Crippen LogP contribution in [0.3, 0.4) is 0 Å². The number of anilines is 2. The van der Waals surface area contributed by atoms with Gasteiger partial charge in [0.2, 0.25) is 5.91 Å². The van der Waals surface area contributed by atoms with Crippen LogP contribution < -0.4 is 9.62 Å². The number of aryl methyl sites for hydroxylation is 2. The van der Waals surface area contributed by atoms with E-state index in [0.717, 1.165) is 22.3 Å². The number of hydrogen-bond acceptors (Lipinski definition) is 6. The van der Waals surface area contributed by atoms with E-state index < -0.39 is 10.0 Å². The number of carbonyl (C=O) groups excluding carboxylic acids is 1. The summed E-state index contributed by atoms with van der Waals surface area (Å²) >= 11 is 0. The monoisotopic (exact) mass is 532 g/mol. The molecule has 4 aromatic rings. The number of hydrogen-bond donors (Lipinski definition) is 1. The van der Waals surface area contributed by atoms with Gasteiger partial charge in [0.15, 0.2) is 0 Å². The molecule has 2 aromatic carbocycles. The highest BCUT2D eigenvalue weighted by molar-refractivity contribution is 7.92. The summed E-state index contributed by atoms with van der Waals surface area (Å²) in [5.74, 6) is 0.321. The van der Waals surface area contributed by atoms with Crippen molar-refractivity contribution in [2.75, 3.05) is 29.3 Å². The molecule has 0 aliphatic carbocycles. The van der Waals surface area contributed by atoms with E-state index in [-0.39, 0.29) is 28.7 Å². The number of rotatable bonds is 6. The number of piperazine rings is 1. The SMILES string of the molecule is Cc1ccc2c(c1)cc(C)n2C(C)C(=O)N1CCN(c2ccc(S(=O)(=O)Nc3ccncn3)cc2)CC1C. The molecule has 2 aromatic heterocycles. The maximum absolute atomic E-state index is 13.6. The molecule has 0 saturated carbocycles. The van der Waals surface area contributed by atoms with Crippen LogP contribution in [0.2, 0.25) is 0 Å². The zero-order valence-electron chi connectivity index (χ0n) is 22.0. The third kappa shape index (κ3) is 4.96. The van der Waals surface area contributed by atoms with E-state index in [1.54, 1.807) is 24.3 Å². The Morgan fingerprint density at radius 2 is 1.82 bits per heavy atom. The first-order chi connectivity index (χ1) is 18.1. The van der Waals surface area contributed by atoms with E-state index in [2.05, 4.69) is 62.3 Å². The first-order valence-electron chi connectivity index (χ1n) is 12.7. The Hall–Kier alpha value is -3.92. The van der Waals surface area contributed by atoms with Crippen molar-refractivity contribution in [1.82, 2.24) is 19.4 Å². The fourth-order valence-corrected chi connectivity index (χ4v) is 6.27. The molecule has 38 heavy (non-hydrogen) atoms. The van der Waals surface area contributed by atoms with Crippen molar-refractivity contribution in [2.45, 2.75) is 44.7 Å². The van der Waals surface area contributed by atoms with Crippen molar-refractivity contribution in [2.24, 2.45) is 0 Å². The van der Waals surface area contributed by atoms with Gasteiger partial charge in [0.25, 0.3) is 10.0 Å². The maximum atomic E-state index is 13.6. The van der Waals surface area contributed by atoms with E-state index in [9.17, 15) is 13.2 Å². The number of aromatic nitrogens is 3. The molecular weight excluding hydrogens is 500 g/mol. The van der Waals surface area contributed by atoms with Gasteiger partial charge in [-0.05, 0) is 76.2 Å². The Labute approximate surface area is 223 Å². The van der Waals surface area contributed by atoms with Crippen LogP contribution in [0.25, 0.3) is 10.9 Å². The minimum Gasteiger partial charge on any atom is -0.368 e. The number of amides is 1. The highest BCUT2D eigenvalue weighted by Crippen LogP contribution is 2.28. The summed E-state index contributed by atoms with van der Waals surface area (Å²) in [4.78, 5) is 25.6. The van der Waals surface area contributed by atoms with Crippen LogP contribution in [-0.2, 0) is 14.8 Å². The van der Waals surface area contributed by atoms with Crippen LogP contribution >= 0.6 is 0 Å². The van der Waals surface area contributed by atoms with Gasteiger partial charge in [0, 0.05) is 54.2 Å². The normalized spacial score (nSPS) is 17.0. The van der Waals surface area contributed by atoms with Crippen LogP contribution in [0.15, 0.2) is 72.0 Å². The van der Waals surface area contributed by atoms with Gasteiger partial charge >= 0.3 is 0 Å². The summed E-state index contributed by atoms with van der Waals surface area (Å²) in [5.41, 5.74) is 4.26. The molecule has 2 unspecified atom stereocenters. The summed E-state index contributed by atoms with van der Waals surface area (Å²) < 4.78 is 30.0. The van der Waals surface area contributed by atoms with Crippen LogP contribution in [-0.4, -0.2) is 59.4 Å². The zero-order valence-corrected chi connectivity index (χ0v) is 22.8. The lowest BCUT2D eigenvalue weighted by atomic mass is 10.1. The summed E-state index contributed by atoms with van der Waals surface area (Å²) in [6.07, 6.45) is 2.76. The average molecular weight is 533 g/mol. The lowest BCUT2D eigenvalue weighted by Gasteiger charge is -2.42. The second kappa shape index (κ2) is 10.1. The van der Waals surface area contributed by atoms with Gasteiger partial charge in [-0.3, -0.25) is 9.52 Å². The van der Waals surface area contributed by atoms with Crippen LogP contribution in [0.4, 0.5) is 11.5 Å². The Morgan fingerprint density at radius 3 is 2.50 bits per heavy atom. The highest BCUT2D eigenvalue weighted by Gasteiger charge is 2.32. The van der Waals surface area contributed by atoms with Crippen molar-refractivity contribution in [3.05, 3.63) is 78.4 Å². The minimum atomic E-state index is -3.76. The minimum absolute atomic E-state index is 0.00548. The van der Waals surface area contributed by atoms with Gasteiger partial charge in [-0.2, -0.15) is 0 Å². The lowest BCUT2D eigenvalue weighted by Crippen LogP contribution is -2.55. The van der Waals surface area contributed by atoms with E-state index in [4.69, 9.17) is 0 Å². The number of sulfonamides is 1. The summed E-state index contributed by atoms with van der Waals surface area (Å²) in [6.45, 7) is 10.1. The van der Waals surface area contributed by atoms with Crippen molar-refractivity contribution in [3.8, 4) is 0 Å². The summed E-state index contributed by atoms with van der Waals surface area (Å²) in [5, 5.41) is 1.15. The molecule has 10 heteroatoms. The number of nitrogens with one attached hydrogen (secondary N) is 1. The molecule has 1 N–H and O–H groups in total. The predicted octanol–water partition coefficient (Wildman–Crippen LogP) is 4.15. The fraction of sp³-hybridized carbons (Fsp3) is 0.321. The van der Waals surface area contributed by atoms with Gasteiger partial charge in [0.05, 0.1) is 4.90 Å². The van der Waals surface area contributed by atoms with Crippen molar-refractivity contribution < 1.29 is 13.2 Å². The number of carbonyl (C=O) groups is 1. The number of benzene rings is 2. The van der Waals surface area contributed by atoms with Gasteiger partial charge < -0.3 is 14.4 Å². The first kappa shape index (κ1) is 25.7. The topological polar surface area (TPSA) is 100 Å². The third-order valence-electron chi connectivity index (χ3n) is 7.18. The second-order valence-corrected chi connectivity index (χ2v) is 11.6. The summed E-state index contributed by atoms with van der Waals surface area (Å²) in [7, 11) is -3.76. The molecule has 0 radical (unpaired) electrons. The zero-order chi connectivity index (χ0) is 27.0. The van der Waals surface area contributed by atoms with Crippen LogP contribution in [0, 0.1) is 13.8 Å². The molecule has 9 nitrogen and oxygen atoms in total. The highest BCUT2D eigenvalue weighted by atomic mass is 32.2. The first-order valence-corrected chi connectivity index (χ1v) is 14.1. The fourth-order valence-electron chi connectivity index (χ4n) is 5.26. The number of fused-ring (bicyclic) bond motifs is 1. The quantitative estimate of drug-likeness (QED) is 0.401. The summed E-state index contributed by atoms with van der Waals surface area (Å²) in [6, 6.07) is 16.4. The molecule has 198 valence electrons. The Morgan fingerprint density at radius 1 is 1.05 bits per heavy atom. The predicted molar refractivity (Wildman–Crippen MR) is 149 cm³/mol. The molecule has 1 aliphatic heterocycles. The molecule has 1 amide bonds. The van der Waals surface area contributed by atoms with Crippen molar-refractivity contribution in [1.29, 1.82) is 0 Å². The van der Waals surface area contributed by atoms with Crippen LogP contribution in [0.5, 0.6) is 0 Å². The van der Waals surface area contributed by atoms with Gasteiger partial charge in [-0.25, -0.2) is 18.4 Å².